The molecule has 2 rings (SSSR count). The van der Waals surface area contributed by atoms with Crippen LogP contribution in [0.4, 0.5) is 0 Å². The van der Waals surface area contributed by atoms with Crippen molar-refractivity contribution < 1.29 is 28.5 Å². The van der Waals surface area contributed by atoms with Crippen LogP contribution in [0.3, 0.4) is 0 Å². The molecule has 8 heteroatoms. The van der Waals surface area contributed by atoms with Gasteiger partial charge in [0.2, 0.25) is 5.75 Å². The van der Waals surface area contributed by atoms with E-state index in [0.29, 0.717) is 41.0 Å². The molecule has 2 aromatic rings. The van der Waals surface area contributed by atoms with Crippen LogP contribution < -0.4 is 23.7 Å². The molecule has 0 heterocycles. The number of alkyl halides is 1. The third-order valence-corrected chi connectivity index (χ3v) is 5.71. The van der Waals surface area contributed by atoms with Gasteiger partial charge >= 0.3 is 5.97 Å². The minimum Gasteiger partial charge on any atom is -0.493 e. The molecule has 0 fully saturated rings. The van der Waals surface area contributed by atoms with Crippen LogP contribution in [0.25, 0.3) is 0 Å². The number of benzene rings is 2. The van der Waals surface area contributed by atoms with Crippen LogP contribution in [-0.4, -0.2) is 64.3 Å². The van der Waals surface area contributed by atoms with Gasteiger partial charge in [0.15, 0.2) is 11.5 Å². The average Bonchev–Trinajstić information content (AvgIpc) is 2.83. The number of ether oxygens (including phenoxy) is 5. The van der Waals surface area contributed by atoms with Gasteiger partial charge in [0.05, 0.1) is 26.9 Å². The summed E-state index contributed by atoms with van der Waals surface area (Å²) in [5.41, 5.74) is 2.06. The molecular weight excluding hydrogens is 458 g/mol. The number of likely N-dealkylation sites (N-methyl/N-ethyl adjacent to an activating group) is 1. The molecule has 188 valence electrons. The fourth-order valence-electron chi connectivity index (χ4n) is 3.55. The summed E-state index contributed by atoms with van der Waals surface area (Å²) in [5, 5.41) is 0. The first kappa shape index (κ1) is 27.6. The molecule has 0 bridgehead atoms. The molecule has 0 spiro atoms. The number of esters is 1. The zero-order chi connectivity index (χ0) is 25.3. The number of rotatable bonds is 13. The molecule has 0 saturated carbocycles. The van der Waals surface area contributed by atoms with E-state index >= 15 is 0 Å². The van der Waals surface area contributed by atoms with Crippen molar-refractivity contribution >= 4 is 17.6 Å². The topological polar surface area (TPSA) is 66.5 Å². The molecule has 34 heavy (non-hydrogen) atoms. The monoisotopic (exact) mass is 493 g/mol. The van der Waals surface area contributed by atoms with Crippen LogP contribution in [0.5, 0.6) is 28.7 Å². The Morgan fingerprint density at radius 1 is 0.941 bits per heavy atom. The van der Waals surface area contributed by atoms with E-state index in [4.69, 9.17) is 35.3 Å². The number of carbonyl (C=O) groups excluding carboxylic acids is 1. The highest BCUT2D eigenvalue weighted by Crippen LogP contribution is 2.39. The maximum absolute atomic E-state index is 13.0. The second-order valence-electron chi connectivity index (χ2n) is 8.09. The van der Waals surface area contributed by atoms with E-state index in [1.54, 1.807) is 12.1 Å². The Morgan fingerprint density at radius 3 is 2.09 bits per heavy atom. The molecule has 0 radical (unpaired) electrons. The number of carbonyl (C=O) groups is 1. The van der Waals surface area contributed by atoms with E-state index < -0.39 is 5.97 Å². The Hall–Kier alpha value is -2.64. The van der Waals surface area contributed by atoms with Crippen molar-refractivity contribution in [3.05, 3.63) is 41.0 Å². The van der Waals surface area contributed by atoms with Gasteiger partial charge in [0.25, 0.3) is 0 Å². The third-order valence-electron chi connectivity index (χ3n) is 5.55. The van der Waals surface area contributed by atoms with Crippen molar-refractivity contribution in [1.29, 1.82) is 0 Å². The minimum absolute atomic E-state index is 0.180. The summed E-state index contributed by atoms with van der Waals surface area (Å²) in [5.74, 6) is 2.70. The molecule has 0 saturated heterocycles. The normalized spacial score (nSPS) is 11.0. The molecule has 0 aliphatic carbocycles. The second kappa shape index (κ2) is 13.3. The Kier molecular flexibility index (Phi) is 10.8. The van der Waals surface area contributed by atoms with Gasteiger partial charge in [-0.3, -0.25) is 4.90 Å². The summed E-state index contributed by atoms with van der Waals surface area (Å²) in [7, 11) is 4.51. The molecule has 0 amide bonds. The predicted octanol–water partition coefficient (Wildman–Crippen LogP) is 5.30. The van der Waals surface area contributed by atoms with Gasteiger partial charge < -0.3 is 23.7 Å². The van der Waals surface area contributed by atoms with Crippen molar-refractivity contribution in [2.45, 2.75) is 33.6 Å². The molecule has 0 aliphatic rings. The lowest BCUT2D eigenvalue weighted by Crippen LogP contribution is -2.30. The van der Waals surface area contributed by atoms with Gasteiger partial charge in [0, 0.05) is 24.5 Å². The van der Waals surface area contributed by atoms with Crippen molar-refractivity contribution in [1.82, 2.24) is 4.90 Å². The highest BCUT2D eigenvalue weighted by Gasteiger charge is 2.20. The molecule has 0 atom stereocenters. The van der Waals surface area contributed by atoms with E-state index in [1.165, 1.54) is 21.3 Å². The van der Waals surface area contributed by atoms with Gasteiger partial charge in [-0.25, -0.2) is 4.79 Å². The standard InChI is InChI=1S/C26H36ClNO6/c1-8-28(10-9-27)11-12-33-22-13-18(4)21(16-20(22)17(2)3)34-26(29)19-14-23(30-5)25(32-7)24(15-19)31-6/h13-17H,8-12H2,1-7H3. The van der Waals surface area contributed by atoms with Crippen LogP contribution in [0.2, 0.25) is 0 Å². The first-order valence-corrected chi connectivity index (χ1v) is 11.9. The quantitative estimate of drug-likeness (QED) is 0.213. The summed E-state index contributed by atoms with van der Waals surface area (Å²) >= 11 is 5.87. The van der Waals surface area contributed by atoms with Crippen LogP contribution in [0.15, 0.2) is 24.3 Å². The number of hydrogen-bond donors (Lipinski definition) is 0. The number of aryl methyl sites for hydroxylation is 1. The first-order valence-electron chi connectivity index (χ1n) is 11.4. The fraction of sp³-hybridized carbons (Fsp3) is 0.500. The van der Waals surface area contributed by atoms with E-state index in [2.05, 4.69) is 25.7 Å². The van der Waals surface area contributed by atoms with Crippen LogP contribution in [0, 0.1) is 6.92 Å². The summed E-state index contributed by atoms with van der Waals surface area (Å²) in [6, 6.07) is 6.94. The number of methoxy groups -OCH3 is 3. The second-order valence-corrected chi connectivity index (χ2v) is 8.46. The van der Waals surface area contributed by atoms with E-state index in [1.807, 2.05) is 19.1 Å². The number of nitrogens with zero attached hydrogens (tertiary/aromatic N) is 1. The van der Waals surface area contributed by atoms with E-state index in [-0.39, 0.29) is 5.92 Å². The van der Waals surface area contributed by atoms with Crippen molar-refractivity contribution in [2.24, 2.45) is 0 Å². The summed E-state index contributed by atoms with van der Waals surface area (Å²) in [6.07, 6.45) is 0. The molecule has 0 N–H and O–H groups in total. The predicted molar refractivity (Wildman–Crippen MR) is 135 cm³/mol. The summed E-state index contributed by atoms with van der Waals surface area (Å²) < 4.78 is 27.9. The van der Waals surface area contributed by atoms with Gasteiger partial charge in [-0.2, -0.15) is 0 Å². The maximum Gasteiger partial charge on any atom is 0.343 e. The van der Waals surface area contributed by atoms with Gasteiger partial charge in [0.1, 0.15) is 18.1 Å². The lowest BCUT2D eigenvalue weighted by molar-refractivity contribution is 0.0732. The van der Waals surface area contributed by atoms with Gasteiger partial charge in [-0.15, -0.1) is 11.6 Å². The SMILES string of the molecule is CCN(CCCl)CCOc1cc(C)c(OC(=O)c2cc(OC)c(OC)c(OC)c2)cc1C(C)C. The molecule has 0 aliphatic heterocycles. The number of halogens is 1. The lowest BCUT2D eigenvalue weighted by atomic mass is 9.99. The van der Waals surface area contributed by atoms with Gasteiger partial charge in [-0.1, -0.05) is 20.8 Å². The fourth-order valence-corrected chi connectivity index (χ4v) is 3.79. The highest BCUT2D eigenvalue weighted by molar-refractivity contribution is 6.18. The van der Waals surface area contributed by atoms with E-state index in [0.717, 1.165) is 36.5 Å². The Balaban J connectivity index is 2.26. The molecule has 0 unspecified atom stereocenters. The maximum atomic E-state index is 13.0. The molecular formula is C26H36ClNO6. The zero-order valence-corrected chi connectivity index (χ0v) is 22.0. The molecule has 2 aromatic carbocycles. The molecule has 0 aromatic heterocycles. The van der Waals surface area contributed by atoms with Gasteiger partial charge in [-0.05, 0) is 49.2 Å². The zero-order valence-electron chi connectivity index (χ0n) is 21.2. The highest BCUT2D eigenvalue weighted by atomic mass is 35.5. The largest absolute Gasteiger partial charge is 0.493 e. The minimum atomic E-state index is -0.523. The van der Waals surface area contributed by atoms with Crippen LogP contribution in [0.1, 0.15) is 48.2 Å². The third kappa shape index (κ3) is 6.93. The lowest BCUT2D eigenvalue weighted by Gasteiger charge is -2.21. The smallest absolute Gasteiger partial charge is 0.343 e. The number of hydrogen-bond acceptors (Lipinski definition) is 7. The summed E-state index contributed by atoms with van der Waals surface area (Å²) in [4.78, 5) is 15.2. The summed E-state index contributed by atoms with van der Waals surface area (Å²) in [6.45, 7) is 11.2. The average molecular weight is 494 g/mol. The van der Waals surface area contributed by atoms with Crippen molar-refractivity contribution in [3.63, 3.8) is 0 Å². The molecule has 7 nitrogen and oxygen atoms in total. The Labute approximate surface area is 207 Å². The van der Waals surface area contributed by atoms with E-state index in [9.17, 15) is 4.79 Å². The van der Waals surface area contributed by atoms with Crippen LogP contribution >= 0.6 is 11.6 Å². The van der Waals surface area contributed by atoms with Crippen LogP contribution in [-0.2, 0) is 0 Å². The Morgan fingerprint density at radius 2 is 1.59 bits per heavy atom. The first-order chi connectivity index (χ1) is 16.3. The van der Waals surface area contributed by atoms with Crippen molar-refractivity contribution in [3.8, 4) is 28.7 Å². The Bertz CT molecular complexity index is 938. The van der Waals surface area contributed by atoms with Crippen molar-refractivity contribution in [2.75, 3.05) is 53.5 Å².